The van der Waals surface area contributed by atoms with E-state index < -0.39 is 0 Å². The first-order valence-electron chi connectivity index (χ1n) is 5.98. The van der Waals surface area contributed by atoms with Crippen LogP contribution in [0.3, 0.4) is 0 Å². The van der Waals surface area contributed by atoms with Gasteiger partial charge in [-0.25, -0.2) is 0 Å². The van der Waals surface area contributed by atoms with Crippen LogP contribution in [0.5, 0.6) is 11.5 Å². The summed E-state index contributed by atoms with van der Waals surface area (Å²) in [7, 11) is 3.30. The molecule has 2 N–H and O–H groups in total. The van der Waals surface area contributed by atoms with E-state index in [0.29, 0.717) is 5.75 Å². The van der Waals surface area contributed by atoms with E-state index in [-0.39, 0.29) is 23.3 Å². The first-order chi connectivity index (χ1) is 8.63. The lowest BCUT2D eigenvalue weighted by atomic mass is 10.1. The van der Waals surface area contributed by atoms with E-state index in [1.165, 1.54) is 13.2 Å². The Hall–Kier alpha value is -1.75. The summed E-state index contributed by atoms with van der Waals surface area (Å²) in [6, 6.07) is 4.86. The van der Waals surface area contributed by atoms with E-state index >= 15 is 0 Å². The SMILES string of the molecule is COc1ccc(O)c(C(=O)N(C)C2CCNC2)c1. The number of nitrogens with one attached hydrogen (secondary N) is 1. The monoisotopic (exact) mass is 250 g/mol. The van der Waals surface area contributed by atoms with Crippen molar-refractivity contribution in [1.82, 2.24) is 10.2 Å². The van der Waals surface area contributed by atoms with Gasteiger partial charge in [0.15, 0.2) is 0 Å². The Labute approximate surface area is 106 Å². The van der Waals surface area contributed by atoms with E-state index in [2.05, 4.69) is 5.32 Å². The number of hydrogen-bond acceptors (Lipinski definition) is 4. The summed E-state index contributed by atoms with van der Waals surface area (Å²) >= 11 is 0. The summed E-state index contributed by atoms with van der Waals surface area (Å²) in [6.07, 6.45) is 0.937. The maximum Gasteiger partial charge on any atom is 0.257 e. The lowest BCUT2D eigenvalue weighted by Gasteiger charge is -2.24. The van der Waals surface area contributed by atoms with E-state index in [1.807, 2.05) is 0 Å². The van der Waals surface area contributed by atoms with Crippen LogP contribution in [0.2, 0.25) is 0 Å². The molecule has 5 nitrogen and oxygen atoms in total. The molecule has 0 saturated carbocycles. The Morgan fingerprint density at radius 2 is 2.33 bits per heavy atom. The molecule has 98 valence electrons. The minimum Gasteiger partial charge on any atom is -0.507 e. The zero-order chi connectivity index (χ0) is 13.1. The standard InChI is InChI=1S/C13H18N2O3/c1-15(9-5-6-14-8-9)13(17)11-7-10(18-2)3-4-12(11)16/h3-4,7,9,14,16H,5-6,8H2,1-2H3. The fourth-order valence-corrected chi connectivity index (χ4v) is 2.14. The highest BCUT2D eigenvalue weighted by Crippen LogP contribution is 2.25. The Kier molecular flexibility index (Phi) is 3.72. The Morgan fingerprint density at radius 1 is 1.56 bits per heavy atom. The summed E-state index contributed by atoms with van der Waals surface area (Å²) in [4.78, 5) is 14.0. The van der Waals surface area contributed by atoms with Gasteiger partial charge in [0.2, 0.25) is 0 Å². The van der Waals surface area contributed by atoms with Crippen LogP contribution >= 0.6 is 0 Å². The smallest absolute Gasteiger partial charge is 0.257 e. The molecular weight excluding hydrogens is 232 g/mol. The fourth-order valence-electron chi connectivity index (χ4n) is 2.14. The van der Waals surface area contributed by atoms with Crippen molar-refractivity contribution in [2.45, 2.75) is 12.5 Å². The number of hydrogen-bond donors (Lipinski definition) is 2. The normalized spacial score (nSPS) is 18.7. The van der Waals surface area contributed by atoms with Crippen molar-refractivity contribution < 1.29 is 14.6 Å². The molecule has 5 heteroatoms. The second-order valence-corrected chi connectivity index (χ2v) is 4.45. The highest BCUT2D eigenvalue weighted by molar-refractivity contribution is 5.97. The number of likely N-dealkylation sites (N-methyl/N-ethyl adjacent to an activating group) is 1. The lowest BCUT2D eigenvalue weighted by Crippen LogP contribution is -2.38. The van der Waals surface area contributed by atoms with Gasteiger partial charge >= 0.3 is 0 Å². The second-order valence-electron chi connectivity index (χ2n) is 4.45. The number of phenolic OH excluding ortho intramolecular Hbond substituents is 1. The van der Waals surface area contributed by atoms with Gasteiger partial charge in [-0.2, -0.15) is 0 Å². The molecule has 2 rings (SSSR count). The Balaban J connectivity index is 2.21. The van der Waals surface area contributed by atoms with Crippen LogP contribution in [0.4, 0.5) is 0 Å². The summed E-state index contributed by atoms with van der Waals surface area (Å²) in [5, 5.41) is 13.0. The van der Waals surface area contributed by atoms with Crippen LogP contribution in [0.15, 0.2) is 18.2 Å². The first kappa shape index (κ1) is 12.7. The lowest BCUT2D eigenvalue weighted by molar-refractivity contribution is 0.0740. The van der Waals surface area contributed by atoms with Crippen molar-refractivity contribution in [3.05, 3.63) is 23.8 Å². The number of carbonyl (C=O) groups excluding carboxylic acids is 1. The molecule has 18 heavy (non-hydrogen) atoms. The molecule has 1 atom stereocenters. The Morgan fingerprint density at radius 3 is 2.94 bits per heavy atom. The zero-order valence-corrected chi connectivity index (χ0v) is 10.6. The molecule has 1 amide bonds. The average molecular weight is 250 g/mol. The van der Waals surface area contributed by atoms with Crippen LogP contribution in [0, 0.1) is 0 Å². The van der Waals surface area contributed by atoms with Crippen molar-refractivity contribution in [1.29, 1.82) is 0 Å². The largest absolute Gasteiger partial charge is 0.507 e. The number of nitrogens with zero attached hydrogens (tertiary/aromatic N) is 1. The number of carbonyl (C=O) groups is 1. The van der Waals surface area contributed by atoms with Gasteiger partial charge in [0.05, 0.1) is 12.7 Å². The third-order valence-corrected chi connectivity index (χ3v) is 3.34. The highest BCUT2D eigenvalue weighted by atomic mass is 16.5. The molecule has 0 aliphatic carbocycles. The zero-order valence-electron chi connectivity index (χ0n) is 10.6. The molecule has 0 bridgehead atoms. The van der Waals surface area contributed by atoms with Crippen molar-refractivity contribution in [3.8, 4) is 11.5 Å². The molecule has 1 fully saturated rings. The van der Waals surface area contributed by atoms with E-state index in [4.69, 9.17) is 4.74 Å². The van der Waals surface area contributed by atoms with Gasteiger partial charge in [0.1, 0.15) is 11.5 Å². The van der Waals surface area contributed by atoms with Crippen LogP contribution < -0.4 is 10.1 Å². The van der Waals surface area contributed by atoms with Gasteiger partial charge in [-0.1, -0.05) is 0 Å². The van der Waals surface area contributed by atoms with Crippen LogP contribution in [-0.4, -0.2) is 49.2 Å². The van der Waals surface area contributed by atoms with Crippen molar-refractivity contribution in [2.75, 3.05) is 27.2 Å². The topological polar surface area (TPSA) is 61.8 Å². The number of rotatable bonds is 3. The van der Waals surface area contributed by atoms with Gasteiger partial charge in [0, 0.05) is 19.6 Å². The van der Waals surface area contributed by atoms with Gasteiger partial charge in [0.25, 0.3) is 5.91 Å². The van der Waals surface area contributed by atoms with Gasteiger partial charge in [-0.3, -0.25) is 4.79 Å². The Bertz CT molecular complexity index is 442. The van der Waals surface area contributed by atoms with Crippen LogP contribution in [-0.2, 0) is 0 Å². The van der Waals surface area contributed by atoms with Gasteiger partial charge in [-0.15, -0.1) is 0 Å². The van der Waals surface area contributed by atoms with Crippen molar-refractivity contribution >= 4 is 5.91 Å². The van der Waals surface area contributed by atoms with Crippen LogP contribution in [0.25, 0.3) is 0 Å². The molecule has 1 aliphatic rings. The number of benzene rings is 1. The van der Waals surface area contributed by atoms with Crippen molar-refractivity contribution in [2.24, 2.45) is 0 Å². The number of methoxy groups -OCH3 is 1. The molecule has 1 heterocycles. The van der Waals surface area contributed by atoms with Gasteiger partial charge in [-0.05, 0) is 31.2 Å². The summed E-state index contributed by atoms with van der Waals surface area (Å²) in [6.45, 7) is 1.72. The van der Waals surface area contributed by atoms with E-state index in [1.54, 1.807) is 24.1 Å². The number of phenols is 1. The summed E-state index contributed by atoms with van der Waals surface area (Å²) in [5.41, 5.74) is 0.281. The summed E-state index contributed by atoms with van der Waals surface area (Å²) in [5.74, 6) is 0.368. The number of amides is 1. The number of aromatic hydroxyl groups is 1. The molecule has 1 aromatic carbocycles. The molecule has 0 spiro atoms. The quantitative estimate of drug-likeness (QED) is 0.834. The third kappa shape index (κ3) is 2.41. The first-order valence-corrected chi connectivity index (χ1v) is 5.98. The molecule has 0 radical (unpaired) electrons. The maximum atomic E-state index is 12.3. The second kappa shape index (κ2) is 5.27. The van der Waals surface area contributed by atoms with E-state index in [9.17, 15) is 9.90 Å². The highest BCUT2D eigenvalue weighted by Gasteiger charge is 2.25. The summed E-state index contributed by atoms with van der Waals surface area (Å²) < 4.78 is 5.07. The fraction of sp³-hybridized carbons (Fsp3) is 0.462. The van der Waals surface area contributed by atoms with Crippen LogP contribution in [0.1, 0.15) is 16.8 Å². The molecule has 1 unspecified atom stereocenters. The van der Waals surface area contributed by atoms with Gasteiger partial charge < -0.3 is 20.1 Å². The molecule has 0 aromatic heterocycles. The van der Waals surface area contributed by atoms with Crippen molar-refractivity contribution in [3.63, 3.8) is 0 Å². The molecule has 1 aliphatic heterocycles. The van der Waals surface area contributed by atoms with E-state index in [0.717, 1.165) is 19.5 Å². The minimum atomic E-state index is -0.180. The molecular formula is C13H18N2O3. The third-order valence-electron chi connectivity index (χ3n) is 3.34. The average Bonchev–Trinajstić information content (AvgIpc) is 2.91. The predicted octanol–water partition coefficient (Wildman–Crippen LogP) is 0.835. The predicted molar refractivity (Wildman–Crippen MR) is 68.0 cm³/mol. The molecule has 1 aromatic rings. The maximum absolute atomic E-state index is 12.3. The minimum absolute atomic E-state index is 0.0152. The molecule has 1 saturated heterocycles. The number of ether oxygens (including phenoxy) is 1.